The molecule has 6 rings (SSSR count). The first-order chi connectivity index (χ1) is 22.0. The number of amides is 2. The standard InChI is InChI=1S/C36H40N6O3/c1-28-30(12-7-17-38-28)34(43)41-21-15-36(16-22-41)14-8-20-40(33-25-37-18-19-39-33)23-24-42(26-29-9-3-2-4-10-29)35(44)31-11-5-6-13-32(31)45-27-36/h2-7,9-13,17-19,25H,8,14-16,20-24,26-27H2,1H3. The highest BCUT2D eigenvalue weighted by Gasteiger charge is 2.38. The van der Waals surface area contributed by atoms with Crippen LogP contribution in [-0.2, 0) is 6.54 Å². The third kappa shape index (κ3) is 7.14. The number of ether oxygens (including phenoxy) is 1. The minimum atomic E-state index is -0.136. The average Bonchev–Trinajstić information content (AvgIpc) is 3.09. The Morgan fingerprint density at radius 1 is 0.844 bits per heavy atom. The number of benzene rings is 2. The molecule has 0 aliphatic carbocycles. The van der Waals surface area contributed by atoms with Gasteiger partial charge in [-0.25, -0.2) is 4.98 Å². The van der Waals surface area contributed by atoms with Crippen molar-refractivity contribution in [3.63, 3.8) is 0 Å². The molecule has 1 fully saturated rings. The predicted octanol–water partition coefficient (Wildman–Crippen LogP) is 5.42. The molecule has 4 aromatic rings. The number of anilines is 1. The molecule has 2 aliphatic rings. The Morgan fingerprint density at radius 2 is 1.64 bits per heavy atom. The van der Waals surface area contributed by atoms with E-state index in [0.717, 1.165) is 49.3 Å². The van der Waals surface area contributed by atoms with E-state index in [-0.39, 0.29) is 17.2 Å². The monoisotopic (exact) mass is 604 g/mol. The van der Waals surface area contributed by atoms with E-state index in [2.05, 4.69) is 19.9 Å². The smallest absolute Gasteiger partial charge is 0.257 e. The zero-order valence-electron chi connectivity index (χ0n) is 25.8. The van der Waals surface area contributed by atoms with Crippen molar-refractivity contribution in [2.45, 2.75) is 39.2 Å². The molecule has 9 nitrogen and oxygen atoms in total. The van der Waals surface area contributed by atoms with E-state index >= 15 is 0 Å². The summed E-state index contributed by atoms with van der Waals surface area (Å²) in [5, 5.41) is 0. The summed E-state index contributed by atoms with van der Waals surface area (Å²) < 4.78 is 6.58. The number of likely N-dealkylation sites (tertiary alicyclic amines) is 1. The number of aryl methyl sites for hydroxylation is 1. The fourth-order valence-electron chi connectivity index (χ4n) is 6.44. The van der Waals surface area contributed by atoms with Gasteiger partial charge in [0.05, 0.1) is 23.9 Å². The van der Waals surface area contributed by atoms with Gasteiger partial charge in [-0.2, -0.15) is 0 Å². The fourth-order valence-corrected chi connectivity index (χ4v) is 6.44. The molecule has 232 valence electrons. The molecule has 0 unspecified atom stereocenters. The largest absolute Gasteiger partial charge is 0.492 e. The van der Waals surface area contributed by atoms with Crippen molar-refractivity contribution in [1.29, 1.82) is 0 Å². The molecular weight excluding hydrogens is 564 g/mol. The van der Waals surface area contributed by atoms with Crippen molar-refractivity contribution in [3.05, 3.63) is 114 Å². The summed E-state index contributed by atoms with van der Waals surface area (Å²) in [4.78, 5) is 46.9. The summed E-state index contributed by atoms with van der Waals surface area (Å²) >= 11 is 0. The number of hydrogen-bond donors (Lipinski definition) is 0. The van der Waals surface area contributed by atoms with Crippen LogP contribution in [0.5, 0.6) is 5.75 Å². The van der Waals surface area contributed by atoms with Crippen molar-refractivity contribution in [2.75, 3.05) is 44.2 Å². The van der Waals surface area contributed by atoms with Gasteiger partial charge in [-0.15, -0.1) is 0 Å². The van der Waals surface area contributed by atoms with E-state index in [0.29, 0.717) is 56.2 Å². The molecule has 45 heavy (non-hydrogen) atoms. The van der Waals surface area contributed by atoms with Gasteiger partial charge in [0.1, 0.15) is 11.6 Å². The molecular formula is C36H40N6O3. The van der Waals surface area contributed by atoms with Crippen molar-refractivity contribution < 1.29 is 14.3 Å². The molecule has 2 amide bonds. The first-order valence-corrected chi connectivity index (χ1v) is 15.8. The molecule has 1 saturated heterocycles. The first-order valence-electron chi connectivity index (χ1n) is 15.8. The van der Waals surface area contributed by atoms with Gasteiger partial charge in [-0.1, -0.05) is 42.5 Å². The lowest BCUT2D eigenvalue weighted by Crippen LogP contribution is -2.46. The van der Waals surface area contributed by atoms with Gasteiger partial charge in [0, 0.05) is 69.0 Å². The third-order valence-electron chi connectivity index (χ3n) is 9.15. The topological polar surface area (TPSA) is 91.8 Å². The summed E-state index contributed by atoms with van der Waals surface area (Å²) in [6.07, 6.45) is 10.4. The van der Waals surface area contributed by atoms with Crippen LogP contribution in [0.4, 0.5) is 5.82 Å². The lowest BCUT2D eigenvalue weighted by atomic mass is 9.75. The second-order valence-corrected chi connectivity index (χ2v) is 12.1. The van der Waals surface area contributed by atoms with Crippen LogP contribution in [0.15, 0.2) is 91.5 Å². The summed E-state index contributed by atoms with van der Waals surface area (Å²) in [5.41, 5.74) is 2.91. The van der Waals surface area contributed by atoms with Crippen molar-refractivity contribution in [3.8, 4) is 5.75 Å². The molecule has 0 radical (unpaired) electrons. The first kappa shape index (κ1) is 30.2. The zero-order chi connectivity index (χ0) is 31.1. The van der Waals surface area contributed by atoms with Crippen LogP contribution in [-0.4, -0.2) is 75.9 Å². The number of carbonyl (C=O) groups excluding carboxylic acids is 2. The van der Waals surface area contributed by atoms with E-state index in [1.165, 1.54) is 0 Å². The number of carbonyl (C=O) groups is 2. The Bertz CT molecular complexity index is 1590. The Hall–Kier alpha value is -4.79. The lowest BCUT2D eigenvalue weighted by molar-refractivity contribution is 0.0363. The van der Waals surface area contributed by atoms with Crippen LogP contribution < -0.4 is 9.64 Å². The van der Waals surface area contributed by atoms with Crippen molar-refractivity contribution in [1.82, 2.24) is 24.8 Å². The number of piperidine rings is 1. The molecule has 2 aromatic carbocycles. The summed E-state index contributed by atoms with van der Waals surface area (Å²) in [6, 6.07) is 21.3. The van der Waals surface area contributed by atoms with Crippen LogP contribution in [0.1, 0.15) is 57.7 Å². The maximum atomic E-state index is 14.2. The Balaban J connectivity index is 1.27. The highest BCUT2D eigenvalue weighted by atomic mass is 16.5. The molecule has 0 atom stereocenters. The van der Waals surface area contributed by atoms with Gasteiger partial charge in [0.15, 0.2) is 0 Å². The van der Waals surface area contributed by atoms with Gasteiger partial charge in [0.2, 0.25) is 0 Å². The number of fused-ring (bicyclic) bond motifs is 1. The van der Waals surface area contributed by atoms with Gasteiger partial charge in [0.25, 0.3) is 11.8 Å². The minimum absolute atomic E-state index is 0.0317. The van der Waals surface area contributed by atoms with E-state index in [1.807, 2.05) is 83.5 Å². The lowest BCUT2D eigenvalue weighted by Gasteiger charge is -2.42. The number of nitrogens with zero attached hydrogens (tertiary/aromatic N) is 6. The highest BCUT2D eigenvalue weighted by Crippen LogP contribution is 2.38. The molecule has 2 aromatic heterocycles. The number of para-hydroxylation sites is 1. The quantitative estimate of drug-likeness (QED) is 0.307. The maximum Gasteiger partial charge on any atom is 0.257 e. The SMILES string of the molecule is Cc1ncccc1C(=O)N1CCC2(CCCN(c3cnccn3)CCN(Cc3ccccc3)C(=O)c3ccccc3OC2)CC1. The second kappa shape index (κ2) is 13.9. The molecule has 9 heteroatoms. The van der Waals surface area contributed by atoms with Crippen molar-refractivity contribution >= 4 is 17.6 Å². The number of pyridine rings is 1. The molecule has 0 saturated carbocycles. The van der Waals surface area contributed by atoms with E-state index in [1.54, 1.807) is 24.8 Å². The third-order valence-corrected chi connectivity index (χ3v) is 9.15. The number of rotatable bonds is 4. The number of hydrogen-bond acceptors (Lipinski definition) is 7. The van der Waals surface area contributed by atoms with Gasteiger partial charge >= 0.3 is 0 Å². The summed E-state index contributed by atoms with van der Waals surface area (Å²) in [7, 11) is 0. The minimum Gasteiger partial charge on any atom is -0.492 e. The van der Waals surface area contributed by atoms with Crippen LogP contribution >= 0.6 is 0 Å². The Labute approximate surface area is 264 Å². The van der Waals surface area contributed by atoms with E-state index < -0.39 is 0 Å². The second-order valence-electron chi connectivity index (χ2n) is 12.1. The summed E-state index contributed by atoms with van der Waals surface area (Å²) in [6.45, 7) is 6.07. The van der Waals surface area contributed by atoms with E-state index in [9.17, 15) is 9.59 Å². The molecule has 2 aliphatic heterocycles. The predicted molar refractivity (Wildman–Crippen MR) is 173 cm³/mol. The molecule has 0 N–H and O–H groups in total. The highest BCUT2D eigenvalue weighted by molar-refractivity contribution is 5.97. The maximum absolute atomic E-state index is 14.2. The average molecular weight is 605 g/mol. The van der Waals surface area contributed by atoms with Crippen molar-refractivity contribution in [2.24, 2.45) is 5.41 Å². The van der Waals surface area contributed by atoms with E-state index in [4.69, 9.17) is 4.74 Å². The van der Waals surface area contributed by atoms with Crippen LogP contribution in [0, 0.1) is 12.3 Å². The Kier molecular flexibility index (Phi) is 9.33. The zero-order valence-corrected chi connectivity index (χ0v) is 25.8. The molecule has 1 spiro atoms. The molecule has 0 bridgehead atoms. The fraction of sp³-hybridized carbons (Fsp3) is 0.361. The van der Waals surface area contributed by atoms with Gasteiger partial charge in [-0.3, -0.25) is 19.6 Å². The summed E-state index contributed by atoms with van der Waals surface area (Å²) in [5.74, 6) is 1.38. The number of aromatic nitrogens is 3. The Morgan fingerprint density at radius 3 is 2.42 bits per heavy atom. The van der Waals surface area contributed by atoms with Crippen LogP contribution in [0.25, 0.3) is 0 Å². The van der Waals surface area contributed by atoms with Gasteiger partial charge in [-0.05, 0) is 62.4 Å². The van der Waals surface area contributed by atoms with Gasteiger partial charge < -0.3 is 19.4 Å². The normalized spacial score (nSPS) is 17.4. The van der Waals surface area contributed by atoms with Crippen LogP contribution in [0.2, 0.25) is 0 Å². The molecule has 4 heterocycles. The van der Waals surface area contributed by atoms with Crippen LogP contribution in [0.3, 0.4) is 0 Å².